The monoisotopic (exact) mass is 641 g/mol. The van der Waals surface area contributed by atoms with E-state index in [4.69, 9.17) is 9.47 Å². The SMILES string of the molecule is C=CCN1C(=O)[C@]2(O[C@H](CC(=O)N(CCO)Cc3ccccc3)[C@@H](C(C)(C)F)[C@@H]2C)c2cc(N3C(=O)COc4ccccc43)ccc21. The number of para-hydroxylation sites is 2. The lowest BCUT2D eigenvalue weighted by atomic mass is 9.71. The number of rotatable bonds is 10. The number of carbonyl (C=O) groups is 3. The predicted octanol–water partition coefficient (Wildman–Crippen LogP) is 5.28. The van der Waals surface area contributed by atoms with Crippen LogP contribution in [-0.4, -0.2) is 65.8 Å². The van der Waals surface area contributed by atoms with Crippen LogP contribution in [0.15, 0.2) is 85.5 Å². The molecule has 3 amide bonds. The molecule has 1 N–H and O–H groups in total. The van der Waals surface area contributed by atoms with Gasteiger partial charge in [0.2, 0.25) is 5.91 Å². The van der Waals surface area contributed by atoms with Crippen molar-refractivity contribution in [2.24, 2.45) is 11.8 Å². The van der Waals surface area contributed by atoms with Crippen LogP contribution in [0, 0.1) is 11.8 Å². The maximum atomic E-state index is 16.3. The molecule has 6 rings (SSSR count). The molecular weight excluding hydrogens is 601 g/mol. The number of halogens is 1. The molecule has 1 saturated heterocycles. The van der Waals surface area contributed by atoms with E-state index in [1.165, 1.54) is 18.7 Å². The van der Waals surface area contributed by atoms with Crippen molar-refractivity contribution in [3.63, 3.8) is 0 Å². The molecule has 1 fully saturated rings. The number of fused-ring (bicyclic) bond motifs is 3. The van der Waals surface area contributed by atoms with E-state index in [2.05, 4.69) is 6.58 Å². The lowest BCUT2D eigenvalue weighted by Gasteiger charge is -2.33. The number of ether oxygens (including phenoxy) is 2. The highest BCUT2D eigenvalue weighted by molar-refractivity contribution is 6.10. The van der Waals surface area contributed by atoms with Gasteiger partial charge in [0.15, 0.2) is 12.2 Å². The molecule has 3 aromatic carbocycles. The highest BCUT2D eigenvalue weighted by Crippen LogP contribution is 2.59. The first kappa shape index (κ1) is 32.4. The van der Waals surface area contributed by atoms with Gasteiger partial charge in [0.25, 0.3) is 11.8 Å². The topological polar surface area (TPSA) is 99.6 Å². The highest BCUT2D eigenvalue weighted by Gasteiger charge is 2.66. The molecule has 3 aliphatic heterocycles. The van der Waals surface area contributed by atoms with Crippen LogP contribution in [-0.2, 0) is 31.3 Å². The van der Waals surface area contributed by atoms with Gasteiger partial charge in [-0.3, -0.25) is 19.3 Å². The van der Waals surface area contributed by atoms with Gasteiger partial charge < -0.3 is 24.4 Å². The zero-order valence-corrected chi connectivity index (χ0v) is 26.9. The smallest absolute Gasteiger partial charge is 0.269 e. The zero-order chi connectivity index (χ0) is 33.5. The number of alkyl halides is 1. The van der Waals surface area contributed by atoms with Crippen molar-refractivity contribution in [3.05, 3.63) is 96.6 Å². The normalized spacial score (nSPS) is 23.5. The molecule has 3 aliphatic rings. The number of nitrogens with zero attached hydrogens (tertiary/aromatic N) is 3. The molecule has 0 aliphatic carbocycles. The lowest BCUT2D eigenvalue weighted by molar-refractivity contribution is -0.150. The van der Waals surface area contributed by atoms with Crippen molar-refractivity contribution in [1.29, 1.82) is 0 Å². The predicted molar refractivity (Wildman–Crippen MR) is 176 cm³/mol. The Hall–Kier alpha value is -4.54. The first-order valence-electron chi connectivity index (χ1n) is 15.9. The quantitative estimate of drug-likeness (QED) is 0.303. The Morgan fingerprint density at radius 2 is 1.83 bits per heavy atom. The zero-order valence-electron chi connectivity index (χ0n) is 26.9. The van der Waals surface area contributed by atoms with E-state index < -0.39 is 29.2 Å². The third-order valence-corrected chi connectivity index (χ3v) is 9.54. The highest BCUT2D eigenvalue weighted by atomic mass is 19.1. The van der Waals surface area contributed by atoms with Crippen LogP contribution in [0.2, 0.25) is 0 Å². The summed E-state index contributed by atoms with van der Waals surface area (Å²) in [7, 11) is 0. The molecule has 9 nitrogen and oxygen atoms in total. The van der Waals surface area contributed by atoms with Crippen LogP contribution >= 0.6 is 0 Å². The molecule has 0 unspecified atom stereocenters. The van der Waals surface area contributed by atoms with E-state index in [0.717, 1.165) is 5.56 Å². The summed E-state index contributed by atoms with van der Waals surface area (Å²) in [6, 6.07) is 22.0. The van der Waals surface area contributed by atoms with Crippen LogP contribution in [0.25, 0.3) is 0 Å². The van der Waals surface area contributed by atoms with Crippen molar-refractivity contribution in [2.45, 2.75) is 51.1 Å². The summed E-state index contributed by atoms with van der Waals surface area (Å²) in [5.41, 5.74) is -0.388. The van der Waals surface area contributed by atoms with Crippen LogP contribution in [0.5, 0.6) is 5.75 Å². The van der Waals surface area contributed by atoms with Gasteiger partial charge in [-0.15, -0.1) is 6.58 Å². The second kappa shape index (κ2) is 12.6. The van der Waals surface area contributed by atoms with Crippen LogP contribution in [0.1, 0.15) is 38.3 Å². The third-order valence-electron chi connectivity index (χ3n) is 9.54. The standard InChI is InChI=1S/C37H40FN3O6/c1-5-17-40-28-16-15-26(41-29-13-9-10-14-30(29)46-23-33(41)44)20-27(28)37(35(40)45)24(2)34(36(3,4)38)31(47-37)21-32(43)39(18-19-42)22-25-11-7-6-8-12-25/h5-16,20,24,31,34,42H,1,17-19,21-23H2,2-4H3/t24-,31+,34-,37+/m0/s1. The second-order valence-corrected chi connectivity index (χ2v) is 12.9. The van der Waals surface area contributed by atoms with Crippen molar-refractivity contribution in [3.8, 4) is 5.75 Å². The molecule has 0 radical (unpaired) electrons. The summed E-state index contributed by atoms with van der Waals surface area (Å²) in [5, 5.41) is 9.77. The molecule has 246 valence electrons. The van der Waals surface area contributed by atoms with Crippen molar-refractivity contribution < 1.29 is 33.4 Å². The van der Waals surface area contributed by atoms with E-state index in [1.54, 1.807) is 53.1 Å². The average Bonchev–Trinajstić information content (AvgIpc) is 3.47. The molecule has 4 atom stereocenters. The van der Waals surface area contributed by atoms with Gasteiger partial charge in [-0.05, 0) is 49.7 Å². The number of aliphatic hydroxyl groups is 1. The average molecular weight is 642 g/mol. The number of aliphatic hydroxyl groups excluding tert-OH is 1. The molecule has 1 spiro atoms. The molecule has 47 heavy (non-hydrogen) atoms. The first-order valence-corrected chi connectivity index (χ1v) is 15.9. The van der Waals surface area contributed by atoms with Gasteiger partial charge >= 0.3 is 0 Å². The molecule has 0 saturated carbocycles. The minimum Gasteiger partial charge on any atom is -0.482 e. The van der Waals surface area contributed by atoms with Crippen molar-refractivity contribution >= 4 is 34.8 Å². The molecule has 3 heterocycles. The summed E-state index contributed by atoms with van der Waals surface area (Å²) in [6.07, 6.45) is 0.476. The summed E-state index contributed by atoms with van der Waals surface area (Å²) < 4.78 is 28.7. The lowest BCUT2D eigenvalue weighted by Crippen LogP contribution is -2.45. The molecule has 0 aromatic heterocycles. The summed E-state index contributed by atoms with van der Waals surface area (Å²) in [6.45, 7) is 8.70. The van der Waals surface area contributed by atoms with E-state index in [-0.39, 0.29) is 57.0 Å². The Kier molecular flexibility index (Phi) is 8.67. The Balaban J connectivity index is 1.41. The van der Waals surface area contributed by atoms with Crippen LogP contribution < -0.4 is 14.5 Å². The Labute approximate surface area is 274 Å². The molecular formula is C37H40FN3O6. The minimum absolute atomic E-state index is 0.0954. The number of hydrogen-bond acceptors (Lipinski definition) is 6. The Bertz CT molecular complexity index is 1690. The number of hydrogen-bond donors (Lipinski definition) is 1. The van der Waals surface area contributed by atoms with Crippen molar-refractivity contribution in [1.82, 2.24) is 4.90 Å². The summed E-state index contributed by atoms with van der Waals surface area (Å²) >= 11 is 0. The fourth-order valence-electron chi connectivity index (χ4n) is 7.59. The third kappa shape index (κ3) is 5.59. The number of amides is 3. The fourth-order valence-corrected chi connectivity index (χ4v) is 7.59. The van der Waals surface area contributed by atoms with E-state index in [9.17, 15) is 19.5 Å². The van der Waals surface area contributed by atoms with Gasteiger partial charge in [-0.1, -0.05) is 55.5 Å². The molecule has 0 bridgehead atoms. The van der Waals surface area contributed by atoms with Gasteiger partial charge in [0.1, 0.15) is 11.4 Å². The maximum Gasteiger partial charge on any atom is 0.269 e. The minimum atomic E-state index is -1.82. The van der Waals surface area contributed by atoms with Gasteiger partial charge in [-0.25, -0.2) is 4.39 Å². The first-order chi connectivity index (χ1) is 22.5. The van der Waals surface area contributed by atoms with E-state index >= 15 is 4.39 Å². The summed E-state index contributed by atoms with van der Waals surface area (Å²) in [5.74, 6) is -1.94. The molecule has 3 aromatic rings. The number of anilines is 3. The van der Waals surface area contributed by atoms with Gasteiger partial charge in [-0.2, -0.15) is 0 Å². The van der Waals surface area contributed by atoms with Crippen LogP contribution in [0.3, 0.4) is 0 Å². The van der Waals surface area contributed by atoms with Gasteiger partial charge in [0.05, 0.1) is 30.5 Å². The van der Waals surface area contributed by atoms with Gasteiger partial charge in [0, 0.05) is 42.7 Å². The Morgan fingerprint density at radius 3 is 2.53 bits per heavy atom. The maximum absolute atomic E-state index is 16.3. The summed E-state index contributed by atoms with van der Waals surface area (Å²) in [4.78, 5) is 46.2. The van der Waals surface area contributed by atoms with Crippen LogP contribution in [0.4, 0.5) is 21.5 Å². The van der Waals surface area contributed by atoms with E-state index in [1.807, 2.05) is 42.5 Å². The van der Waals surface area contributed by atoms with E-state index in [0.29, 0.717) is 28.4 Å². The number of carbonyl (C=O) groups excluding carboxylic acids is 3. The van der Waals surface area contributed by atoms with Crippen molar-refractivity contribution in [2.75, 3.05) is 36.1 Å². The second-order valence-electron chi connectivity index (χ2n) is 12.9. The Morgan fingerprint density at radius 1 is 1.11 bits per heavy atom. The number of benzene rings is 3. The molecule has 10 heteroatoms. The fraction of sp³-hybridized carbons (Fsp3) is 0.378. The largest absolute Gasteiger partial charge is 0.482 e.